The summed E-state index contributed by atoms with van der Waals surface area (Å²) in [6.07, 6.45) is 1.61. The molecule has 0 aliphatic rings. The van der Waals surface area contributed by atoms with Gasteiger partial charge in [0, 0.05) is 31.2 Å². The van der Waals surface area contributed by atoms with Crippen molar-refractivity contribution in [2.45, 2.75) is 6.92 Å². The van der Waals surface area contributed by atoms with Crippen LogP contribution < -0.4 is 10.6 Å². The van der Waals surface area contributed by atoms with Crippen molar-refractivity contribution < 1.29 is 14.4 Å². The maximum atomic E-state index is 12.3. The molecule has 0 bridgehead atoms. The number of fused-ring (bicyclic) bond motifs is 1. The molecule has 2 heterocycles. The molecule has 2 aromatic heterocycles. The normalized spacial score (nSPS) is 10.6. The van der Waals surface area contributed by atoms with Gasteiger partial charge in [-0.05, 0) is 13.0 Å². The van der Waals surface area contributed by atoms with Crippen LogP contribution in [0.15, 0.2) is 30.5 Å². The Labute approximate surface area is 159 Å². The molecule has 0 saturated carbocycles. The molecule has 1 aromatic carbocycles. The van der Waals surface area contributed by atoms with Crippen LogP contribution in [0.5, 0.6) is 0 Å². The highest BCUT2D eigenvalue weighted by Gasteiger charge is 2.18. The van der Waals surface area contributed by atoms with Crippen molar-refractivity contribution in [2.24, 2.45) is 0 Å². The van der Waals surface area contributed by atoms with Crippen LogP contribution >= 0.6 is 11.3 Å². The molecule has 0 saturated heterocycles. The van der Waals surface area contributed by atoms with Gasteiger partial charge < -0.3 is 20.5 Å². The van der Waals surface area contributed by atoms with Crippen LogP contribution in [0.1, 0.15) is 25.7 Å². The summed E-state index contributed by atoms with van der Waals surface area (Å²) in [6.45, 7) is 1.51. The number of carbonyl (C=O) groups is 3. The lowest BCUT2D eigenvalue weighted by Gasteiger charge is -2.07. The van der Waals surface area contributed by atoms with Gasteiger partial charge in [-0.25, -0.2) is 4.98 Å². The summed E-state index contributed by atoms with van der Waals surface area (Å²) in [6, 6.07) is 7.43. The predicted octanol–water partition coefficient (Wildman–Crippen LogP) is 2.00. The van der Waals surface area contributed by atoms with Gasteiger partial charge in [0.05, 0.1) is 17.8 Å². The fourth-order valence-corrected chi connectivity index (χ4v) is 3.53. The molecule has 3 amide bonds. The Morgan fingerprint density at radius 1 is 1.22 bits per heavy atom. The summed E-state index contributed by atoms with van der Waals surface area (Å²) in [5, 5.41) is 6.31. The quantitative estimate of drug-likeness (QED) is 0.624. The van der Waals surface area contributed by atoms with Crippen molar-refractivity contribution in [1.29, 1.82) is 0 Å². The maximum Gasteiger partial charge on any atom is 0.265 e. The second kappa shape index (κ2) is 7.58. The first-order valence-corrected chi connectivity index (χ1v) is 9.01. The van der Waals surface area contributed by atoms with E-state index < -0.39 is 5.91 Å². The summed E-state index contributed by atoms with van der Waals surface area (Å²) < 4.78 is 0. The number of aryl methyl sites for hydroxylation is 1. The molecule has 3 aromatic rings. The van der Waals surface area contributed by atoms with E-state index >= 15 is 0 Å². The van der Waals surface area contributed by atoms with Crippen LogP contribution in [-0.4, -0.2) is 53.2 Å². The maximum absolute atomic E-state index is 12.3. The van der Waals surface area contributed by atoms with E-state index in [1.165, 1.54) is 4.90 Å². The lowest BCUT2D eigenvalue weighted by Crippen LogP contribution is -2.32. The Balaban J connectivity index is 1.61. The highest BCUT2D eigenvalue weighted by Crippen LogP contribution is 2.23. The van der Waals surface area contributed by atoms with E-state index in [9.17, 15) is 14.4 Å². The van der Waals surface area contributed by atoms with Crippen LogP contribution in [0.3, 0.4) is 0 Å². The van der Waals surface area contributed by atoms with Gasteiger partial charge in [0.15, 0.2) is 5.13 Å². The number of aromatic nitrogens is 2. The Morgan fingerprint density at radius 3 is 2.70 bits per heavy atom. The molecular weight excluding hydrogens is 366 g/mol. The minimum absolute atomic E-state index is 0.168. The number of nitrogens with zero attached hydrogens (tertiary/aromatic N) is 2. The number of nitrogens with one attached hydrogen (secondary N) is 3. The number of H-pyrrole nitrogens is 1. The minimum Gasteiger partial charge on any atom is -0.360 e. The van der Waals surface area contributed by atoms with E-state index in [-0.39, 0.29) is 18.4 Å². The second-order valence-corrected chi connectivity index (χ2v) is 7.11. The number of carbonyl (C=O) groups excluding carboxylic acids is 3. The number of anilines is 1. The molecule has 0 aliphatic heterocycles. The number of rotatable bonds is 5. The topological polar surface area (TPSA) is 107 Å². The molecule has 0 radical (unpaired) electrons. The lowest BCUT2D eigenvalue weighted by atomic mass is 10.1. The van der Waals surface area contributed by atoms with Gasteiger partial charge in [-0.2, -0.15) is 0 Å². The fraction of sp³-hybridized carbons (Fsp3) is 0.222. The lowest BCUT2D eigenvalue weighted by molar-refractivity contribution is -0.115. The number of hydrogen-bond donors (Lipinski definition) is 3. The zero-order chi connectivity index (χ0) is 19.6. The van der Waals surface area contributed by atoms with Gasteiger partial charge in [-0.3, -0.25) is 14.4 Å². The van der Waals surface area contributed by atoms with Crippen molar-refractivity contribution in [3.05, 3.63) is 46.6 Å². The number of para-hydroxylation sites is 1. The van der Waals surface area contributed by atoms with Gasteiger partial charge in [0.25, 0.3) is 11.8 Å². The van der Waals surface area contributed by atoms with Gasteiger partial charge in [-0.1, -0.05) is 29.5 Å². The van der Waals surface area contributed by atoms with Crippen LogP contribution in [0.25, 0.3) is 10.9 Å². The van der Waals surface area contributed by atoms with Gasteiger partial charge in [0.2, 0.25) is 5.91 Å². The number of hydrogen-bond acceptors (Lipinski definition) is 5. The fourth-order valence-electron chi connectivity index (χ4n) is 2.53. The molecule has 140 valence electrons. The first-order chi connectivity index (χ1) is 12.9. The van der Waals surface area contributed by atoms with E-state index in [1.54, 1.807) is 27.2 Å². The third kappa shape index (κ3) is 3.98. The van der Waals surface area contributed by atoms with Crippen LogP contribution in [0.4, 0.5) is 5.13 Å². The molecule has 3 N–H and O–H groups in total. The molecular formula is C18H19N5O3S. The third-order valence-corrected chi connectivity index (χ3v) is 4.95. The first-order valence-electron chi connectivity index (χ1n) is 8.20. The Hall–Kier alpha value is -3.20. The zero-order valence-corrected chi connectivity index (χ0v) is 15.9. The summed E-state index contributed by atoms with van der Waals surface area (Å²) in [4.78, 5) is 45.6. The summed E-state index contributed by atoms with van der Waals surface area (Å²) in [7, 11) is 3.31. The molecule has 0 unspecified atom stereocenters. The van der Waals surface area contributed by atoms with E-state index in [1.807, 2.05) is 24.3 Å². The van der Waals surface area contributed by atoms with E-state index in [0.29, 0.717) is 21.3 Å². The van der Waals surface area contributed by atoms with E-state index in [0.717, 1.165) is 22.2 Å². The molecule has 0 atom stereocenters. The van der Waals surface area contributed by atoms with Crippen molar-refractivity contribution in [2.75, 3.05) is 26.0 Å². The van der Waals surface area contributed by atoms with Gasteiger partial charge in [-0.15, -0.1) is 0 Å². The van der Waals surface area contributed by atoms with E-state index in [4.69, 9.17) is 0 Å². The van der Waals surface area contributed by atoms with Crippen molar-refractivity contribution >= 4 is 45.1 Å². The number of benzene rings is 1. The monoisotopic (exact) mass is 385 g/mol. The van der Waals surface area contributed by atoms with Crippen LogP contribution in [-0.2, 0) is 4.79 Å². The van der Waals surface area contributed by atoms with Crippen molar-refractivity contribution in [3.63, 3.8) is 0 Å². The smallest absolute Gasteiger partial charge is 0.265 e. The standard InChI is InChI=1S/C18H19N5O3S/c1-10-15(17(26)23(2)3)27-18(21-10)22-14(24)9-20-16(25)12-8-19-13-7-5-4-6-11(12)13/h4-8,19H,9H2,1-3H3,(H,20,25)(H,21,22,24). The highest BCUT2D eigenvalue weighted by atomic mass is 32.1. The summed E-state index contributed by atoms with van der Waals surface area (Å²) in [5.74, 6) is -0.930. The first kappa shape index (κ1) is 18.6. The highest BCUT2D eigenvalue weighted by molar-refractivity contribution is 7.17. The van der Waals surface area contributed by atoms with Crippen molar-refractivity contribution in [3.8, 4) is 0 Å². The SMILES string of the molecule is Cc1nc(NC(=O)CNC(=O)c2c[nH]c3ccccc23)sc1C(=O)N(C)C. The zero-order valence-electron chi connectivity index (χ0n) is 15.1. The van der Waals surface area contributed by atoms with Crippen LogP contribution in [0, 0.1) is 6.92 Å². The molecule has 0 fully saturated rings. The largest absolute Gasteiger partial charge is 0.360 e. The van der Waals surface area contributed by atoms with Crippen molar-refractivity contribution in [1.82, 2.24) is 20.2 Å². The average molecular weight is 385 g/mol. The Bertz CT molecular complexity index is 1020. The number of amides is 3. The Kier molecular flexibility index (Phi) is 5.22. The van der Waals surface area contributed by atoms with Gasteiger partial charge >= 0.3 is 0 Å². The van der Waals surface area contributed by atoms with E-state index in [2.05, 4.69) is 20.6 Å². The number of aromatic amines is 1. The third-order valence-electron chi connectivity index (χ3n) is 3.89. The van der Waals surface area contributed by atoms with Gasteiger partial charge in [0.1, 0.15) is 4.88 Å². The van der Waals surface area contributed by atoms with Crippen LogP contribution in [0.2, 0.25) is 0 Å². The Morgan fingerprint density at radius 2 is 1.96 bits per heavy atom. The molecule has 0 spiro atoms. The number of thiazole rings is 1. The average Bonchev–Trinajstić information content (AvgIpc) is 3.22. The molecule has 9 heteroatoms. The summed E-state index contributed by atoms with van der Waals surface area (Å²) >= 11 is 1.11. The summed E-state index contributed by atoms with van der Waals surface area (Å²) in [5.41, 5.74) is 1.88. The minimum atomic E-state index is -0.416. The molecule has 0 aliphatic carbocycles. The predicted molar refractivity (Wildman–Crippen MR) is 104 cm³/mol. The molecule has 3 rings (SSSR count). The second-order valence-electron chi connectivity index (χ2n) is 6.11. The molecule has 27 heavy (non-hydrogen) atoms. The molecule has 8 nitrogen and oxygen atoms in total.